The predicted molar refractivity (Wildman–Crippen MR) is 127 cm³/mol. The summed E-state index contributed by atoms with van der Waals surface area (Å²) in [4.78, 5) is 12.2. The van der Waals surface area contributed by atoms with Crippen molar-refractivity contribution in [1.82, 2.24) is 15.0 Å². The zero-order valence-corrected chi connectivity index (χ0v) is 19.6. The van der Waals surface area contributed by atoms with Crippen molar-refractivity contribution in [1.29, 1.82) is 0 Å². The van der Waals surface area contributed by atoms with Crippen LogP contribution in [0.25, 0.3) is 17.2 Å². The summed E-state index contributed by atoms with van der Waals surface area (Å²) in [6, 6.07) is 5.76. The number of aromatic nitrogens is 3. The van der Waals surface area contributed by atoms with Gasteiger partial charge in [-0.2, -0.15) is 4.98 Å². The molecule has 1 aliphatic heterocycles. The highest BCUT2D eigenvalue weighted by molar-refractivity contribution is 6.31. The van der Waals surface area contributed by atoms with Crippen LogP contribution in [0.3, 0.4) is 0 Å². The molecule has 9 heteroatoms. The first-order chi connectivity index (χ1) is 16.5. The van der Waals surface area contributed by atoms with E-state index in [1.165, 1.54) is 0 Å². The van der Waals surface area contributed by atoms with Crippen LogP contribution in [0, 0.1) is 5.82 Å². The number of fused-ring (bicyclic) bond motifs is 2. The van der Waals surface area contributed by atoms with Gasteiger partial charge in [0.2, 0.25) is 0 Å². The Morgan fingerprint density at radius 3 is 3.00 bits per heavy atom. The zero-order chi connectivity index (χ0) is 23.7. The summed E-state index contributed by atoms with van der Waals surface area (Å²) in [5.74, 6) is -0.181. The Kier molecular flexibility index (Phi) is 6.83. The van der Waals surface area contributed by atoms with E-state index in [1.54, 1.807) is 19.2 Å². The van der Waals surface area contributed by atoms with Crippen LogP contribution in [0.4, 0.5) is 4.39 Å². The summed E-state index contributed by atoms with van der Waals surface area (Å²) >= 11 is 6.55. The first-order valence-electron chi connectivity index (χ1n) is 11.5. The second-order valence-corrected chi connectivity index (χ2v) is 9.22. The quantitative estimate of drug-likeness (QED) is 0.494. The number of methoxy groups -OCH3 is 1. The monoisotopic (exact) mass is 487 g/mol. The number of nitrogens with zero attached hydrogens (tertiary/aromatic N) is 2. The van der Waals surface area contributed by atoms with E-state index in [9.17, 15) is 5.11 Å². The molecule has 3 atom stereocenters. The molecule has 3 heterocycles. The van der Waals surface area contributed by atoms with Crippen LogP contribution in [0.15, 0.2) is 24.3 Å². The number of H-pyrrole nitrogens is 1. The topological polar surface area (TPSA) is 89.5 Å². The lowest BCUT2D eigenvalue weighted by Gasteiger charge is -2.13. The maximum atomic E-state index is 15.0. The smallest absolute Gasteiger partial charge is 0.296 e. The molecule has 180 valence electrons. The first-order valence-corrected chi connectivity index (χ1v) is 11.8. The molecule has 34 heavy (non-hydrogen) atoms. The number of hydrogen-bond acceptors (Lipinski definition) is 6. The molecule has 0 spiro atoms. The number of pyridine rings is 1. The van der Waals surface area contributed by atoms with E-state index in [2.05, 4.69) is 15.0 Å². The fourth-order valence-corrected chi connectivity index (χ4v) is 5.05. The van der Waals surface area contributed by atoms with Crippen molar-refractivity contribution in [2.45, 2.75) is 43.8 Å². The van der Waals surface area contributed by atoms with Gasteiger partial charge in [-0.3, -0.25) is 0 Å². The number of aliphatic hydroxyl groups is 1. The number of nitrogens with one attached hydrogen (secondary N) is 1. The minimum atomic E-state index is -0.208. The van der Waals surface area contributed by atoms with Crippen LogP contribution in [0.2, 0.25) is 5.02 Å². The minimum absolute atomic E-state index is 0.00942. The van der Waals surface area contributed by atoms with Gasteiger partial charge in [-0.15, -0.1) is 0 Å². The van der Waals surface area contributed by atoms with E-state index < -0.39 is 0 Å². The minimum Gasteiger partial charge on any atom is -0.459 e. The number of benzene rings is 1. The SMILES string of the molecule is COC/C=C/c1cc(F)c2c(c1)CCC2Cc1nc2nc(O[C@@H]3CO[C@H](CO)C3)[nH]c2cc1Cl. The number of aliphatic hydroxyl groups excluding tert-OH is 1. The molecular formula is C25H27ClFN3O4. The van der Waals surface area contributed by atoms with E-state index >= 15 is 4.39 Å². The number of halogens is 2. The van der Waals surface area contributed by atoms with Crippen molar-refractivity contribution in [3.8, 4) is 6.01 Å². The summed E-state index contributed by atoms with van der Waals surface area (Å²) in [6.45, 7) is 0.862. The maximum Gasteiger partial charge on any atom is 0.296 e. The Hall–Kier alpha value is -2.52. The van der Waals surface area contributed by atoms with Gasteiger partial charge in [0.25, 0.3) is 6.01 Å². The average molecular weight is 488 g/mol. The third kappa shape index (κ3) is 4.81. The molecule has 1 aliphatic carbocycles. The maximum absolute atomic E-state index is 15.0. The average Bonchev–Trinajstić information content (AvgIpc) is 3.53. The number of aromatic amines is 1. The second-order valence-electron chi connectivity index (χ2n) is 8.82. The van der Waals surface area contributed by atoms with Gasteiger partial charge < -0.3 is 24.3 Å². The van der Waals surface area contributed by atoms with E-state index in [1.807, 2.05) is 18.2 Å². The van der Waals surface area contributed by atoms with Gasteiger partial charge in [-0.05, 0) is 54.0 Å². The van der Waals surface area contributed by atoms with Gasteiger partial charge in [-0.25, -0.2) is 9.37 Å². The zero-order valence-electron chi connectivity index (χ0n) is 18.9. The first kappa shape index (κ1) is 23.2. The highest BCUT2D eigenvalue weighted by atomic mass is 35.5. The predicted octanol–water partition coefficient (Wildman–Crippen LogP) is 4.21. The van der Waals surface area contributed by atoms with E-state index in [0.29, 0.717) is 53.9 Å². The van der Waals surface area contributed by atoms with Gasteiger partial charge in [0, 0.05) is 13.5 Å². The Bertz CT molecular complexity index is 1210. The highest BCUT2D eigenvalue weighted by Crippen LogP contribution is 2.39. The largest absolute Gasteiger partial charge is 0.459 e. The Morgan fingerprint density at radius 2 is 2.21 bits per heavy atom. The van der Waals surface area contributed by atoms with Crippen molar-refractivity contribution in [3.63, 3.8) is 0 Å². The lowest BCUT2D eigenvalue weighted by molar-refractivity contribution is 0.0528. The molecule has 1 fully saturated rings. The number of ether oxygens (including phenoxy) is 3. The molecule has 2 aliphatic rings. The van der Waals surface area contributed by atoms with Gasteiger partial charge >= 0.3 is 0 Å². The lowest BCUT2D eigenvalue weighted by Crippen LogP contribution is -2.17. The summed E-state index contributed by atoms with van der Waals surface area (Å²) in [5, 5.41) is 9.73. The highest BCUT2D eigenvalue weighted by Gasteiger charge is 2.29. The second kappa shape index (κ2) is 10.00. The van der Waals surface area contributed by atoms with E-state index in [4.69, 9.17) is 25.8 Å². The molecule has 1 aromatic carbocycles. The molecule has 1 unspecified atom stereocenters. The summed E-state index contributed by atoms with van der Waals surface area (Å²) in [5.41, 5.74) is 4.50. The molecule has 7 nitrogen and oxygen atoms in total. The van der Waals surface area contributed by atoms with Gasteiger partial charge in [0.15, 0.2) is 5.65 Å². The van der Waals surface area contributed by atoms with Crippen molar-refractivity contribution < 1.29 is 23.7 Å². The lowest BCUT2D eigenvalue weighted by atomic mass is 9.94. The summed E-state index contributed by atoms with van der Waals surface area (Å²) in [6.07, 6.45) is 6.17. The third-order valence-corrected chi connectivity index (χ3v) is 6.75. The molecule has 0 radical (unpaired) electrons. The fraction of sp³-hybridized carbons (Fsp3) is 0.440. The van der Waals surface area contributed by atoms with Gasteiger partial charge in [0.1, 0.15) is 11.9 Å². The van der Waals surface area contributed by atoms with Crippen molar-refractivity contribution in [3.05, 3.63) is 57.5 Å². The number of hydrogen-bond donors (Lipinski definition) is 2. The van der Waals surface area contributed by atoms with Crippen LogP contribution in [-0.4, -0.2) is 59.2 Å². The number of rotatable bonds is 8. The Morgan fingerprint density at radius 1 is 1.32 bits per heavy atom. The van der Waals surface area contributed by atoms with E-state index in [0.717, 1.165) is 29.5 Å². The van der Waals surface area contributed by atoms with Crippen molar-refractivity contribution >= 4 is 28.8 Å². The van der Waals surface area contributed by atoms with E-state index in [-0.39, 0.29) is 30.5 Å². The summed E-state index contributed by atoms with van der Waals surface area (Å²) < 4.78 is 31.4. The van der Waals surface area contributed by atoms with Crippen LogP contribution in [0.1, 0.15) is 41.1 Å². The summed E-state index contributed by atoms with van der Waals surface area (Å²) in [7, 11) is 1.63. The van der Waals surface area contributed by atoms with Crippen LogP contribution in [-0.2, 0) is 22.3 Å². The Labute approximate surface area is 201 Å². The fourth-order valence-electron chi connectivity index (χ4n) is 4.82. The van der Waals surface area contributed by atoms with Crippen molar-refractivity contribution in [2.24, 2.45) is 0 Å². The molecule has 0 amide bonds. The molecule has 2 N–H and O–H groups in total. The molecule has 3 aromatic rings. The van der Waals surface area contributed by atoms with Crippen molar-refractivity contribution in [2.75, 3.05) is 26.9 Å². The van der Waals surface area contributed by atoms with Gasteiger partial charge in [-0.1, -0.05) is 29.8 Å². The molecule has 0 saturated carbocycles. The normalized spacial score (nSPS) is 22.2. The number of imidazole rings is 1. The van der Waals surface area contributed by atoms with Gasteiger partial charge in [0.05, 0.1) is 42.2 Å². The standard InChI is InChI=1S/C25H27ClFN3O4/c1-32-6-2-3-14-7-15-4-5-16(23(15)20(27)8-14)9-21-19(26)11-22-24(28-21)30-25(29-22)34-18-10-17(12-31)33-13-18/h2-3,7-8,11,16-18,31H,4-6,9-10,12-13H2,1H3,(H,28,29,30)/b3-2+/t16?,17-,18-/m0/s1. The molecule has 0 bridgehead atoms. The van der Waals surface area contributed by atoms with Crippen LogP contribution >= 0.6 is 11.6 Å². The Balaban J connectivity index is 1.33. The molecule has 5 rings (SSSR count). The van der Waals surface area contributed by atoms with Crippen LogP contribution in [0.5, 0.6) is 6.01 Å². The van der Waals surface area contributed by atoms with Crippen LogP contribution < -0.4 is 4.74 Å². The third-order valence-electron chi connectivity index (χ3n) is 6.42. The molecule has 1 saturated heterocycles. The number of aryl methyl sites for hydroxylation is 1. The molecular weight excluding hydrogens is 461 g/mol. The molecule has 2 aromatic heterocycles.